The lowest BCUT2D eigenvalue weighted by atomic mass is 10.1. The molecule has 0 unspecified atom stereocenters. The summed E-state index contributed by atoms with van der Waals surface area (Å²) in [6, 6.07) is 23.9. The molecule has 5 aromatic rings. The highest BCUT2D eigenvalue weighted by atomic mass is 32.1. The molecule has 1 amide bonds. The Balaban J connectivity index is 1.36. The van der Waals surface area contributed by atoms with Crippen molar-refractivity contribution in [3.63, 3.8) is 0 Å². The minimum Gasteiger partial charge on any atom is -0.452 e. The van der Waals surface area contributed by atoms with E-state index in [1.54, 1.807) is 24.3 Å². The van der Waals surface area contributed by atoms with Gasteiger partial charge in [-0.3, -0.25) is 4.79 Å². The van der Waals surface area contributed by atoms with Gasteiger partial charge in [0.15, 0.2) is 12.4 Å². The number of nitrogens with zero attached hydrogens (tertiary/aromatic N) is 4. The number of ether oxygens (including phenoxy) is 1. The lowest BCUT2D eigenvalue weighted by Gasteiger charge is -2.11. The monoisotopic (exact) mass is 479 g/mol. The Morgan fingerprint density at radius 3 is 2.63 bits per heavy atom. The first kappa shape index (κ1) is 22.0. The average Bonchev–Trinajstić information content (AvgIpc) is 3.57. The van der Waals surface area contributed by atoms with Crippen LogP contribution in [0.25, 0.3) is 27.2 Å². The number of aromatic nitrogens is 3. The number of carbonyl (C=O) groups excluding carboxylic acids is 2. The standard InChI is InChI=1S/C26H17N5O3S/c27-14-17-15-28-31(18-7-2-1-3-8-18)25(17)30-24(32)16-34-26(33)20-13-22(23-11-6-12-35-23)29-21-10-5-4-9-19(20)21/h1-13,15H,16H2,(H,30,32). The summed E-state index contributed by atoms with van der Waals surface area (Å²) in [6.07, 6.45) is 1.36. The second-order valence-corrected chi connectivity index (χ2v) is 8.39. The van der Waals surface area contributed by atoms with Crippen molar-refractivity contribution in [2.24, 2.45) is 0 Å². The van der Waals surface area contributed by atoms with Crippen molar-refractivity contribution in [1.29, 1.82) is 5.26 Å². The molecule has 0 aliphatic heterocycles. The molecular formula is C26H17N5O3S. The molecule has 3 heterocycles. The Labute approximate surface area is 204 Å². The Kier molecular flexibility index (Phi) is 6.03. The second kappa shape index (κ2) is 9.59. The van der Waals surface area contributed by atoms with Crippen molar-refractivity contribution < 1.29 is 14.3 Å². The van der Waals surface area contributed by atoms with Crippen molar-refractivity contribution >= 4 is 39.9 Å². The number of thiophene rings is 1. The molecule has 0 aliphatic carbocycles. The minimum absolute atomic E-state index is 0.189. The molecule has 35 heavy (non-hydrogen) atoms. The van der Waals surface area contributed by atoms with Gasteiger partial charge in [-0.2, -0.15) is 10.4 Å². The van der Waals surface area contributed by atoms with E-state index in [1.165, 1.54) is 22.2 Å². The van der Waals surface area contributed by atoms with E-state index in [9.17, 15) is 14.9 Å². The van der Waals surface area contributed by atoms with Crippen LogP contribution in [-0.2, 0) is 9.53 Å². The molecule has 170 valence electrons. The molecule has 0 fully saturated rings. The first-order chi connectivity index (χ1) is 17.1. The number of nitriles is 1. The van der Waals surface area contributed by atoms with E-state index in [2.05, 4.69) is 15.4 Å². The smallest absolute Gasteiger partial charge is 0.339 e. The van der Waals surface area contributed by atoms with Crippen LogP contribution in [0.5, 0.6) is 0 Å². The predicted molar refractivity (Wildman–Crippen MR) is 132 cm³/mol. The van der Waals surface area contributed by atoms with Crippen LogP contribution in [0.3, 0.4) is 0 Å². The molecule has 0 bridgehead atoms. The summed E-state index contributed by atoms with van der Waals surface area (Å²) in [7, 11) is 0. The first-order valence-corrected chi connectivity index (χ1v) is 11.5. The van der Waals surface area contributed by atoms with Crippen LogP contribution in [0.15, 0.2) is 84.4 Å². The number of carbonyl (C=O) groups is 2. The van der Waals surface area contributed by atoms with E-state index in [0.717, 1.165) is 4.88 Å². The minimum atomic E-state index is -0.645. The number of amides is 1. The summed E-state index contributed by atoms with van der Waals surface area (Å²) in [6.45, 7) is -0.533. The summed E-state index contributed by atoms with van der Waals surface area (Å²) >= 11 is 1.51. The van der Waals surface area contributed by atoms with Crippen molar-refractivity contribution in [2.45, 2.75) is 0 Å². The lowest BCUT2D eigenvalue weighted by molar-refractivity contribution is -0.119. The number of para-hydroxylation sites is 2. The summed E-state index contributed by atoms with van der Waals surface area (Å²) in [4.78, 5) is 31.2. The zero-order chi connectivity index (χ0) is 24.2. The van der Waals surface area contributed by atoms with Crippen LogP contribution in [0.1, 0.15) is 15.9 Å². The molecule has 0 saturated carbocycles. The van der Waals surface area contributed by atoms with E-state index in [-0.39, 0.29) is 11.4 Å². The molecule has 0 aliphatic rings. The van der Waals surface area contributed by atoms with Gasteiger partial charge in [0.2, 0.25) is 0 Å². The van der Waals surface area contributed by atoms with Crippen molar-refractivity contribution in [3.05, 3.63) is 95.5 Å². The van der Waals surface area contributed by atoms with Crippen LogP contribution < -0.4 is 5.32 Å². The van der Waals surface area contributed by atoms with E-state index in [0.29, 0.717) is 27.8 Å². The van der Waals surface area contributed by atoms with Crippen LogP contribution in [0.4, 0.5) is 5.82 Å². The second-order valence-electron chi connectivity index (χ2n) is 7.44. The van der Waals surface area contributed by atoms with Crippen LogP contribution in [0, 0.1) is 11.3 Å². The molecule has 3 aromatic heterocycles. The Bertz CT molecular complexity index is 1570. The van der Waals surface area contributed by atoms with Gasteiger partial charge >= 0.3 is 5.97 Å². The van der Waals surface area contributed by atoms with Gasteiger partial charge in [0.25, 0.3) is 5.91 Å². The van der Waals surface area contributed by atoms with E-state index < -0.39 is 18.5 Å². The van der Waals surface area contributed by atoms with Gasteiger partial charge in [-0.25, -0.2) is 14.5 Å². The number of nitrogens with one attached hydrogen (secondary N) is 1. The summed E-state index contributed by atoms with van der Waals surface area (Å²) in [5.74, 6) is -1.04. The normalized spacial score (nSPS) is 10.6. The van der Waals surface area contributed by atoms with Gasteiger partial charge in [-0.05, 0) is 35.7 Å². The highest BCUT2D eigenvalue weighted by molar-refractivity contribution is 7.13. The highest BCUT2D eigenvalue weighted by Gasteiger charge is 2.19. The fourth-order valence-corrected chi connectivity index (χ4v) is 4.27. The van der Waals surface area contributed by atoms with Gasteiger partial charge < -0.3 is 10.1 Å². The third kappa shape index (κ3) is 4.51. The topological polar surface area (TPSA) is 110 Å². The van der Waals surface area contributed by atoms with Crippen molar-refractivity contribution in [2.75, 3.05) is 11.9 Å². The van der Waals surface area contributed by atoms with Gasteiger partial charge in [0.05, 0.1) is 33.5 Å². The highest BCUT2D eigenvalue weighted by Crippen LogP contribution is 2.28. The Morgan fingerprint density at radius 2 is 1.86 bits per heavy atom. The Hall–Kier alpha value is -4.81. The fraction of sp³-hybridized carbons (Fsp3) is 0.0385. The van der Waals surface area contributed by atoms with Gasteiger partial charge in [0.1, 0.15) is 11.6 Å². The maximum atomic E-state index is 13.0. The molecule has 9 heteroatoms. The number of esters is 1. The van der Waals surface area contributed by atoms with Gasteiger partial charge in [-0.15, -0.1) is 11.3 Å². The molecular weight excluding hydrogens is 462 g/mol. The molecule has 5 rings (SSSR count). The number of hydrogen-bond donors (Lipinski definition) is 1. The maximum Gasteiger partial charge on any atom is 0.339 e. The molecule has 8 nitrogen and oxygen atoms in total. The van der Waals surface area contributed by atoms with E-state index in [1.807, 2.05) is 60.0 Å². The maximum absolute atomic E-state index is 13.0. The average molecular weight is 480 g/mol. The third-order valence-corrected chi connectivity index (χ3v) is 6.08. The number of fused-ring (bicyclic) bond motifs is 1. The molecule has 0 saturated heterocycles. The van der Waals surface area contributed by atoms with Gasteiger partial charge in [0, 0.05) is 5.39 Å². The van der Waals surface area contributed by atoms with E-state index >= 15 is 0 Å². The molecule has 2 aromatic carbocycles. The number of rotatable bonds is 6. The summed E-state index contributed by atoms with van der Waals surface area (Å²) in [5, 5.41) is 18.8. The van der Waals surface area contributed by atoms with Crippen molar-refractivity contribution in [3.8, 4) is 22.3 Å². The number of pyridine rings is 1. The van der Waals surface area contributed by atoms with Gasteiger partial charge in [-0.1, -0.05) is 42.5 Å². The zero-order valence-electron chi connectivity index (χ0n) is 18.2. The molecule has 0 atom stereocenters. The SMILES string of the molecule is N#Cc1cnn(-c2ccccc2)c1NC(=O)COC(=O)c1cc(-c2cccs2)nc2ccccc12. The number of anilines is 1. The summed E-state index contributed by atoms with van der Waals surface area (Å²) < 4.78 is 6.80. The van der Waals surface area contributed by atoms with Crippen molar-refractivity contribution in [1.82, 2.24) is 14.8 Å². The quantitative estimate of drug-likeness (QED) is 0.350. The molecule has 0 spiro atoms. The summed E-state index contributed by atoms with van der Waals surface area (Å²) in [5.41, 5.74) is 2.49. The first-order valence-electron chi connectivity index (χ1n) is 10.6. The zero-order valence-corrected chi connectivity index (χ0v) is 19.0. The fourth-order valence-electron chi connectivity index (χ4n) is 3.59. The van der Waals surface area contributed by atoms with Crippen LogP contribution >= 0.6 is 11.3 Å². The lowest BCUT2D eigenvalue weighted by Crippen LogP contribution is -2.23. The predicted octanol–water partition coefficient (Wildman–Crippen LogP) is 4.82. The number of hydrogen-bond acceptors (Lipinski definition) is 7. The van der Waals surface area contributed by atoms with Crippen LogP contribution in [-0.4, -0.2) is 33.2 Å². The third-order valence-electron chi connectivity index (χ3n) is 5.19. The Morgan fingerprint density at radius 1 is 1.06 bits per heavy atom. The van der Waals surface area contributed by atoms with Crippen LogP contribution in [0.2, 0.25) is 0 Å². The molecule has 0 radical (unpaired) electrons. The van der Waals surface area contributed by atoms with E-state index in [4.69, 9.17) is 4.74 Å². The largest absolute Gasteiger partial charge is 0.452 e. The molecule has 1 N–H and O–H groups in total. The number of benzene rings is 2.